The molecule has 0 radical (unpaired) electrons. The minimum Gasteiger partial charge on any atom is -0.464 e. The molecule has 0 amide bonds. The number of carbonyl (C=O) groups is 1. The molecule has 0 atom stereocenters. The first-order valence-corrected chi connectivity index (χ1v) is 8.39. The highest BCUT2D eigenvalue weighted by molar-refractivity contribution is 9.11. The molecular weight excluding hydrogens is 407 g/mol. The molecule has 0 aliphatic carbocycles. The highest BCUT2D eigenvalue weighted by atomic mass is 79.9. The highest BCUT2D eigenvalue weighted by Gasteiger charge is 2.27. The van der Waals surface area contributed by atoms with Crippen molar-refractivity contribution in [3.05, 3.63) is 56.7 Å². The second-order valence-electron chi connectivity index (χ2n) is 4.47. The summed E-state index contributed by atoms with van der Waals surface area (Å²) in [5.74, 6) is -1.59. The second-order valence-corrected chi connectivity index (χ2v) is 7.34. The fourth-order valence-corrected chi connectivity index (χ4v) is 3.70. The average molecular weight is 416 g/mol. The van der Waals surface area contributed by atoms with Crippen molar-refractivity contribution >= 4 is 44.8 Å². The summed E-state index contributed by atoms with van der Waals surface area (Å²) < 4.78 is 21.6. The van der Waals surface area contributed by atoms with Crippen molar-refractivity contribution in [2.45, 2.75) is 0 Å². The van der Waals surface area contributed by atoms with Gasteiger partial charge in [-0.1, -0.05) is 23.7 Å². The molecule has 4 nitrogen and oxygen atoms in total. The minimum absolute atomic E-state index is 0.161. The van der Waals surface area contributed by atoms with E-state index in [1.807, 2.05) is 0 Å². The lowest BCUT2D eigenvalue weighted by atomic mass is 10.2. The summed E-state index contributed by atoms with van der Waals surface area (Å²) in [7, 11) is 1.18. The number of methoxy groups -OCH3 is 1. The maximum atomic E-state index is 14.8. The average Bonchev–Trinajstić information content (AvgIpc) is 3.10. The van der Waals surface area contributed by atoms with Crippen LogP contribution in [0, 0.1) is 5.82 Å². The number of ether oxygens (including phenoxy) is 1. The smallest absolute Gasteiger partial charge is 0.361 e. The van der Waals surface area contributed by atoms with Crippen molar-refractivity contribution in [1.29, 1.82) is 0 Å². The predicted octanol–water partition coefficient (Wildman–Crippen LogP) is 4.94. The van der Waals surface area contributed by atoms with E-state index in [0.29, 0.717) is 15.6 Å². The van der Waals surface area contributed by atoms with Crippen molar-refractivity contribution in [1.82, 2.24) is 9.78 Å². The van der Waals surface area contributed by atoms with E-state index >= 15 is 0 Å². The van der Waals surface area contributed by atoms with E-state index in [1.54, 1.807) is 36.4 Å². The monoisotopic (exact) mass is 414 g/mol. The first-order chi connectivity index (χ1) is 11.0. The van der Waals surface area contributed by atoms with Crippen molar-refractivity contribution < 1.29 is 13.9 Å². The first-order valence-electron chi connectivity index (χ1n) is 6.40. The number of aromatic nitrogens is 2. The maximum absolute atomic E-state index is 14.8. The van der Waals surface area contributed by atoms with Crippen LogP contribution in [0.25, 0.3) is 16.3 Å². The van der Waals surface area contributed by atoms with Crippen LogP contribution in [0.3, 0.4) is 0 Å². The number of hydrogen-bond acceptors (Lipinski definition) is 4. The van der Waals surface area contributed by atoms with Gasteiger partial charge in [-0.2, -0.15) is 5.10 Å². The molecule has 118 valence electrons. The maximum Gasteiger partial charge on any atom is 0.361 e. The lowest BCUT2D eigenvalue weighted by molar-refractivity contribution is 0.0588. The fraction of sp³-hybridized carbons (Fsp3) is 0.0667. The van der Waals surface area contributed by atoms with E-state index < -0.39 is 11.8 Å². The number of hydrogen-bond donors (Lipinski definition) is 0. The van der Waals surface area contributed by atoms with Gasteiger partial charge >= 0.3 is 5.97 Å². The lowest BCUT2D eigenvalue weighted by Crippen LogP contribution is -2.05. The molecule has 8 heteroatoms. The zero-order valence-corrected chi connectivity index (χ0v) is 14.9. The quantitative estimate of drug-likeness (QED) is 0.569. The summed E-state index contributed by atoms with van der Waals surface area (Å²) in [6.45, 7) is 0. The molecule has 0 spiro atoms. The van der Waals surface area contributed by atoms with E-state index in [9.17, 15) is 9.18 Å². The van der Waals surface area contributed by atoms with Gasteiger partial charge in [0.05, 0.1) is 26.5 Å². The van der Waals surface area contributed by atoms with Gasteiger partial charge in [-0.3, -0.25) is 0 Å². The fourth-order valence-electron chi connectivity index (χ4n) is 2.08. The number of benzene rings is 1. The lowest BCUT2D eigenvalue weighted by Gasteiger charge is -2.07. The van der Waals surface area contributed by atoms with Crippen LogP contribution in [0.5, 0.6) is 0 Å². The molecule has 0 saturated heterocycles. The molecule has 2 aromatic heterocycles. The van der Waals surface area contributed by atoms with Crippen LogP contribution in [0.1, 0.15) is 10.5 Å². The van der Waals surface area contributed by atoms with Gasteiger partial charge in [0.2, 0.25) is 5.69 Å². The van der Waals surface area contributed by atoms with Gasteiger partial charge in [-0.15, -0.1) is 11.3 Å². The van der Waals surface area contributed by atoms with Crippen LogP contribution in [-0.2, 0) is 4.74 Å². The minimum atomic E-state index is -0.842. The van der Waals surface area contributed by atoms with Crippen LogP contribution in [-0.4, -0.2) is 22.9 Å². The summed E-state index contributed by atoms with van der Waals surface area (Å²) in [6.07, 6.45) is 0. The van der Waals surface area contributed by atoms with Gasteiger partial charge in [0.1, 0.15) is 5.69 Å². The zero-order chi connectivity index (χ0) is 16.6. The van der Waals surface area contributed by atoms with E-state index in [0.717, 1.165) is 3.79 Å². The summed E-state index contributed by atoms with van der Waals surface area (Å²) in [5, 5.41) is 4.46. The number of thiophene rings is 1. The third-order valence-electron chi connectivity index (χ3n) is 3.09. The Morgan fingerprint density at radius 3 is 2.70 bits per heavy atom. The Kier molecular flexibility index (Phi) is 4.52. The number of halogens is 3. The highest BCUT2D eigenvalue weighted by Crippen LogP contribution is 2.36. The molecule has 0 bridgehead atoms. The van der Waals surface area contributed by atoms with Crippen molar-refractivity contribution in [3.63, 3.8) is 0 Å². The van der Waals surface area contributed by atoms with Gasteiger partial charge in [-0.05, 0) is 40.2 Å². The Hall–Kier alpha value is -1.70. The van der Waals surface area contributed by atoms with Crippen molar-refractivity contribution in [3.8, 4) is 16.3 Å². The molecule has 1 aromatic carbocycles. The van der Waals surface area contributed by atoms with Gasteiger partial charge in [-0.25, -0.2) is 13.9 Å². The number of rotatable bonds is 3. The predicted molar refractivity (Wildman–Crippen MR) is 90.9 cm³/mol. The van der Waals surface area contributed by atoms with Crippen molar-refractivity contribution in [2.75, 3.05) is 7.11 Å². The molecular formula is C15H9BrClFN2O2S. The Bertz CT molecular complexity index is 893. The van der Waals surface area contributed by atoms with Crippen LogP contribution in [0.15, 0.2) is 40.2 Å². The third-order valence-corrected chi connectivity index (χ3v) is 5.04. The van der Waals surface area contributed by atoms with Gasteiger partial charge in [0, 0.05) is 0 Å². The molecule has 0 aliphatic rings. The Morgan fingerprint density at radius 2 is 2.09 bits per heavy atom. The number of esters is 1. The molecule has 0 aliphatic heterocycles. The van der Waals surface area contributed by atoms with Crippen molar-refractivity contribution in [2.24, 2.45) is 0 Å². The molecule has 2 heterocycles. The largest absolute Gasteiger partial charge is 0.464 e. The van der Waals surface area contributed by atoms with Gasteiger partial charge in [0.25, 0.3) is 0 Å². The SMILES string of the molecule is COC(=O)c1nn(-c2ccccc2Cl)c(-c2ccc(Br)s2)c1F. The summed E-state index contributed by atoms with van der Waals surface area (Å²) in [5.41, 5.74) is 0.254. The van der Waals surface area contributed by atoms with E-state index in [-0.39, 0.29) is 11.4 Å². The summed E-state index contributed by atoms with van der Waals surface area (Å²) in [6, 6.07) is 10.4. The second kappa shape index (κ2) is 6.43. The normalized spacial score (nSPS) is 10.8. The molecule has 0 unspecified atom stereocenters. The Labute approximate surface area is 148 Å². The Morgan fingerprint density at radius 1 is 1.35 bits per heavy atom. The standard InChI is InChI=1S/C15H9BrClFN2O2S/c1-22-15(21)13-12(18)14(10-6-7-11(16)23-10)20(19-13)9-5-3-2-4-8(9)17/h2-7H,1H3. The van der Waals surface area contributed by atoms with Crippen LogP contribution < -0.4 is 0 Å². The molecule has 23 heavy (non-hydrogen) atoms. The van der Waals surface area contributed by atoms with E-state index in [4.69, 9.17) is 11.6 Å². The Balaban J connectivity index is 2.30. The summed E-state index contributed by atoms with van der Waals surface area (Å²) >= 11 is 10.9. The van der Waals surface area contributed by atoms with Crippen LogP contribution in [0.4, 0.5) is 4.39 Å². The van der Waals surface area contributed by atoms with E-state index in [1.165, 1.54) is 23.1 Å². The van der Waals surface area contributed by atoms with Crippen LogP contribution >= 0.6 is 38.9 Å². The third kappa shape index (κ3) is 2.91. The first kappa shape index (κ1) is 16.2. The molecule has 0 N–H and O–H groups in total. The zero-order valence-electron chi connectivity index (χ0n) is 11.7. The van der Waals surface area contributed by atoms with Gasteiger partial charge < -0.3 is 4.74 Å². The van der Waals surface area contributed by atoms with Crippen LogP contribution in [0.2, 0.25) is 5.02 Å². The topological polar surface area (TPSA) is 44.1 Å². The van der Waals surface area contributed by atoms with E-state index in [2.05, 4.69) is 25.8 Å². The van der Waals surface area contributed by atoms with Gasteiger partial charge in [0.15, 0.2) is 5.82 Å². The summed E-state index contributed by atoms with van der Waals surface area (Å²) in [4.78, 5) is 12.4. The molecule has 3 rings (SSSR count). The molecule has 0 saturated carbocycles. The molecule has 0 fully saturated rings. The number of nitrogens with zero attached hydrogens (tertiary/aromatic N) is 2. The molecule has 3 aromatic rings. The number of para-hydroxylation sites is 1. The number of carbonyl (C=O) groups excluding carboxylic acids is 1.